The molecule has 6 nitrogen and oxygen atoms in total. The molecular formula is C18H16N2O4. The van der Waals surface area contributed by atoms with Crippen molar-refractivity contribution in [3.05, 3.63) is 54.1 Å². The zero-order valence-electron chi connectivity index (χ0n) is 12.9. The van der Waals surface area contributed by atoms with Crippen molar-refractivity contribution in [3.63, 3.8) is 0 Å². The van der Waals surface area contributed by atoms with Crippen molar-refractivity contribution in [2.75, 3.05) is 19.8 Å². The molecule has 2 aromatic carbocycles. The lowest BCUT2D eigenvalue weighted by molar-refractivity contribution is -0.123. The van der Waals surface area contributed by atoms with Crippen LogP contribution in [0, 0.1) is 11.3 Å². The maximum absolute atomic E-state index is 11.9. The summed E-state index contributed by atoms with van der Waals surface area (Å²) >= 11 is 0. The highest BCUT2D eigenvalue weighted by atomic mass is 16.6. The number of hydrogen-bond donors (Lipinski definition) is 1. The van der Waals surface area contributed by atoms with Gasteiger partial charge in [-0.25, -0.2) is 0 Å². The van der Waals surface area contributed by atoms with Gasteiger partial charge in [0.05, 0.1) is 12.1 Å². The molecule has 0 fully saturated rings. The first-order valence-electron chi connectivity index (χ1n) is 7.53. The molecule has 0 unspecified atom stereocenters. The lowest BCUT2D eigenvalue weighted by Crippen LogP contribution is -2.42. The molecule has 1 heterocycles. The van der Waals surface area contributed by atoms with Crippen molar-refractivity contribution < 1.29 is 19.0 Å². The number of rotatable bonds is 5. The smallest absolute Gasteiger partial charge is 0.258 e. The van der Waals surface area contributed by atoms with Crippen LogP contribution in [-0.2, 0) is 4.79 Å². The van der Waals surface area contributed by atoms with Crippen LogP contribution in [0.25, 0.3) is 0 Å². The van der Waals surface area contributed by atoms with Gasteiger partial charge in [-0.1, -0.05) is 24.3 Å². The number of para-hydroxylation sites is 3. The van der Waals surface area contributed by atoms with Gasteiger partial charge in [-0.3, -0.25) is 4.79 Å². The van der Waals surface area contributed by atoms with Crippen LogP contribution in [0.1, 0.15) is 5.56 Å². The molecule has 1 aliphatic heterocycles. The highest BCUT2D eigenvalue weighted by Gasteiger charge is 2.21. The van der Waals surface area contributed by atoms with Gasteiger partial charge in [-0.15, -0.1) is 0 Å². The third-order valence-corrected chi connectivity index (χ3v) is 3.46. The molecule has 24 heavy (non-hydrogen) atoms. The molecule has 3 rings (SSSR count). The van der Waals surface area contributed by atoms with Gasteiger partial charge in [0, 0.05) is 0 Å². The van der Waals surface area contributed by atoms with Crippen LogP contribution < -0.4 is 19.5 Å². The van der Waals surface area contributed by atoms with Crippen molar-refractivity contribution in [3.8, 4) is 23.3 Å². The van der Waals surface area contributed by atoms with E-state index in [1.807, 2.05) is 30.3 Å². The largest absolute Gasteiger partial charge is 0.486 e. The van der Waals surface area contributed by atoms with Crippen LogP contribution >= 0.6 is 0 Å². The Morgan fingerprint density at radius 2 is 1.96 bits per heavy atom. The summed E-state index contributed by atoms with van der Waals surface area (Å²) in [7, 11) is 0. The van der Waals surface area contributed by atoms with Gasteiger partial charge in [0.2, 0.25) is 0 Å². The number of amides is 1. The quantitative estimate of drug-likeness (QED) is 0.908. The summed E-state index contributed by atoms with van der Waals surface area (Å²) in [6, 6.07) is 16.2. The van der Waals surface area contributed by atoms with E-state index < -0.39 is 0 Å². The fourth-order valence-electron chi connectivity index (χ4n) is 2.27. The van der Waals surface area contributed by atoms with Crippen LogP contribution in [0.15, 0.2) is 48.5 Å². The van der Waals surface area contributed by atoms with Gasteiger partial charge in [0.1, 0.15) is 24.5 Å². The van der Waals surface area contributed by atoms with Gasteiger partial charge in [-0.05, 0) is 24.3 Å². The second kappa shape index (κ2) is 7.38. The minimum atomic E-state index is -0.287. The molecule has 0 bridgehead atoms. The average molecular weight is 324 g/mol. The number of nitriles is 1. The molecule has 1 amide bonds. The number of fused-ring (bicyclic) bond motifs is 1. The monoisotopic (exact) mass is 324 g/mol. The Kier molecular flexibility index (Phi) is 4.82. The van der Waals surface area contributed by atoms with Gasteiger partial charge < -0.3 is 19.5 Å². The summed E-state index contributed by atoms with van der Waals surface area (Å²) in [4.78, 5) is 11.9. The minimum Gasteiger partial charge on any atom is -0.486 e. The van der Waals surface area contributed by atoms with E-state index in [-0.39, 0.29) is 18.6 Å². The molecule has 0 saturated carbocycles. The highest BCUT2D eigenvalue weighted by molar-refractivity contribution is 5.77. The Morgan fingerprint density at radius 1 is 1.21 bits per heavy atom. The molecule has 0 radical (unpaired) electrons. The Morgan fingerprint density at radius 3 is 2.79 bits per heavy atom. The molecular weight excluding hydrogens is 308 g/mol. The Bertz CT molecular complexity index is 770. The molecule has 0 aromatic heterocycles. The number of nitrogens with zero attached hydrogens (tertiary/aromatic N) is 1. The highest BCUT2D eigenvalue weighted by Crippen LogP contribution is 2.30. The molecule has 6 heteroatoms. The van der Waals surface area contributed by atoms with Gasteiger partial charge >= 0.3 is 0 Å². The van der Waals surface area contributed by atoms with Crippen molar-refractivity contribution in [1.29, 1.82) is 5.26 Å². The fraction of sp³-hybridized carbons (Fsp3) is 0.222. The lowest BCUT2D eigenvalue weighted by Gasteiger charge is -2.26. The first-order chi connectivity index (χ1) is 11.8. The standard InChI is InChI=1S/C18H16N2O4/c19-9-13-5-1-2-6-15(13)23-12-18(21)20-10-14-11-22-16-7-3-4-8-17(16)24-14/h1-8,14H,10-12H2,(H,20,21)/t14-/m1/s1. The SMILES string of the molecule is N#Cc1ccccc1OCC(=O)NC[C@@H]1COc2ccccc2O1. The summed E-state index contributed by atoms with van der Waals surface area (Å²) in [6.45, 7) is 0.523. The van der Waals surface area contributed by atoms with E-state index in [2.05, 4.69) is 5.32 Å². The number of benzene rings is 2. The van der Waals surface area contributed by atoms with E-state index >= 15 is 0 Å². The van der Waals surface area contributed by atoms with Crippen molar-refractivity contribution in [1.82, 2.24) is 5.32 Å². The maximum atomic E-state index is 11.9. The molecule has 122 valence electrons. The maximum Gasteiger partial charge on any atom is 0.258 e. The topological polar surface area (TPSA) is 80.6 Å². The van der Waals surface area contributed by atoms with E-state index in [1.54, 1.807) is 24.3 Å². The number of carbonyl (C=O) groups excluding carboxylic acids is 1. The molecule has 0 saturated heterocycles. The molecule has 0 aliphatic carbocycles. The van der Waals surface area contributed by atoms with Crippen molar-refractivity contribution in [2.24, 2.45) is 0 Å². The number of hydrogen-bond acceptors (Lipinski definition) is 5. The zero-order chi connectivity index (χ0) is 16.8. The summed E-state index contributed by atoms with van der Waals surface area (Å²) in [5, 5.41) is 11.7. The van der Waals surface area contributed by atoms with Crippen LogP contribution in [0.5, 0.6) is 17.2 Å². The van der Waals surface area contributed by atoms with Crippen LogP contribution in [-0.4, -0.2) is 31.8 Å². The lowest BCUT2D eigenvalue weighted by atomic mass is 10.2. The third-order valence-electron chi connectivity index (χ3n) is 3.46. The Balaban J connectivity index is 1.46. The van der Waals surface area contributed by atoms with Gasteiger partial charge in [0.25, 0.3) is 5.91 Å². The second-order valence-corrected chi connectivity index (χ2v) is 5.20. The van der Waals surface area contributed by atoms with Crippen LogP contribution in [0.4, 0.5) is 0 Å². The summed E-state index contributed by atoms with van der Waals surface area (Å²) in [6.07, 6.45) is -0.254. The Hall–Kier alpha value is -3.20. The molecule has 2 aromatic rings. The summed E-state index contributed by atoms with van der Waals surface area (Å²) in [5.41, 5.74) is 0.394. The average Bonchev–Trinajstić information content (AvgIpc) is 2.64. The van der Waals surface area contributed by atoms with E-state index in [9.17, 15) is 4.79 Å². The second-order valence-electron chi connectivity index (χ2n) is 5.20. The molecule has 1 atom stereocenters. The fourth-order valence-corrected chi connectivity index (χ4v) is 2.27. The number of carbonyl (C=O) groups is 1. The van der Waals surface area contributed by atoms with Crippen LogP contribution in [0.3, 0.4) is 0 Å². The van der Waals surface area contributed by atoms with Gasteiger partial charge in [0.15, 0.2) is 18.1 Å². The van der Waals surface area contributed by atoms with Crippen molar-refractivity contribution in [2.45, 2.75) is 6.10 Å². The number of ether oxygens (including phenoxy) is 3. The van der Waals surface area contributed by atoms with Gasteiger partial charge in [-0.2, -0.15) is 5.26 Å². The predicted octanol–water partition coefficient (Wildman–Crippen LogP) is 1.89. The first kappa shape index (κ1) is 15.7. The molecule has 1 N–H and O–H groups in total. The molecule has 0 spiro atoms. The zero-order valence-corrected chi connectivity index (χ0v) is 12.9. The predicted molar refractivity (Wildman–Crippen MR) is 86.0 cm³/mol. The first-order valence-corrected chi connectivity index (χ1v) is 7.53. The van der Waals surface area contributed by atoms with E-state index in [0.717, 1.165) is 0 Å². The Labute approximate surface area is 139 Å². The molecule has 1 aliphatic rings. The van der Waals surface area contributed by atoms with E-state index in [1.165, 1.54) is 0 Å². The summed E-state index contributed by atoms with van der Waals surface area (Å²) < 4.78 is 16.7. The van der Waals surface area contributed by atoms with E-state index in [4.69, 9.17) is 19.5 Å². The van der Waals surface area contributed by atoms with Crippen molar-refractivity contribution >= 4 is 5.91 Å². The van der Waals surface area contributed by atoms with Crippen LogP contribution in [0.2, 0.25) is 0 Å². The third kappa shape index (κ3) is 3.76. The minimum absolute atomic E-state index is 0.164. The normalized spacial score (nSPS) is 15.2. The van der Waals surface area contributed by atoms with E-state index in [0.29, 0.717) is 36.0 Å². The number of nitrogens with one attached hydrogen (secondary N) is 1. The summed E-state index contributed by atoms with van der Waals surface area (Å²) in [5.74, 6) is 1.48.